The van der Waals surface area contributed by atoms with Crippen LogP contribution in [0.3, 0.4) is 0 Å². The molecule has 0 aliphatic carbocycles. The smallest absolute Gasteiger partial charge is 0.0545 e. The van der Waals surface area contributed by atoms with Crippen molar-refractivity contribution in [3.63, 3.8) is 0 Å². The van der Waals surface area contributed by atoms with Crippen LogP contribution in [0.4, 0.5) is 0 Å². The molecule has 1 heterocycles. The molecule has 1 atom stereocenters. The Morgan fingerprint density at radius 1 is 1.33 bits per heavy atom. The van der Waals surface area contributed by atoms with Gasteiger partial charge in [-0.1, -0.05) is 32.4 Å². The molecule has 1 aromatic heterocycles. The highest BCUT2D eigenvalue weighted by molar-refractivity contribution is 7.10. The second kappa shape index (κ2) is 6.51. The highest BCUT2D eigenvalue weighted by atomic mass is 35.5. The Morgan fingerprint density at radius 3 is 2.60 bits per heavy atom. The molecule has 0 amide bonds. The minimum absolute atomic E-state index is 0.653. The Hall–Kier alpha value is -0.0500. The van der Waals surface area contributed by atoms with Crippen molar-refractivity contribution in [2.45, 2.75) is 27.2 Å². The van der Waals surface area contributed by atoms with E-state index in [1.807, 2.05) is 6.07 Å². The van der Waals surface area contributed by atoms with E-state index in [0.29, 0.717) is 5.92 Å². The van der Waals surface area contributed by atoms with Crippen molar-refractivity contribution in [3.05, 3.63) is 21.3 Å². The zero-order chi connectivity index (χ0) is 11.3. The fraction of sp³-hybridized carbons (Fsp3) is 0.667. The molecule has 86 valence electrons. The first-order valence-corrected chi connectivity index (χ1v) is 6.78. The van der Waals surface area contributed by atoms with Crippen LogP contribution >= 0.6 is 22.9 Å². The van der Waals surface area contributed by atoms with Crippen LogP contribution in [0.2, 0.25) is 5.02 Å². The largest absolute Gasteiger partial charge is 0.316 e. The van der Waals surface area contributed by atoms with Crippen LogP contribution in [0.15, 0.2) is 11.4 Å². The molecule has 1 aromatic rings. The maximum atomic E-state index is 6.06. The van der Waals surface area contributed by atoms with Crippen molar-refractivity contribution in [3.8, 4) is 0 Å². The maximum Gasteiger partial charge on any atom is 0.0545 e. The molecule has 3 heteroatoms. The van der Waals surface area contributed by atoms with Gasteiger partial charge in [-0.3, -0.25) is 0 Å². The van der Waals surface area contributed by atoms with Crippen LogP contribution in [0.5, 0.6) is 0 Å². The first kappa shape index (κ1) is 13.0. The molecule has 0 saturated carbocycles. The zero-order valence-corrected chi connectivity index (χ0v) is 11.3. The lowest BCUT2D eigenvalue weighted by atomic mass is 10.1. The number of rotatable bonds is 6. The number of hydrogen-bond acceptors (Lipinski definition) is 2. The average Bonchev–Trinajstić information content (AvgIpc) is 2.51. The summed E-state index contributed by atoms with van der Waals surface area (Å²) in [6.45, 7) is 8.90. The second-order valence-corrected chi connectivity index (χ2v) is 5.96. The summed E-state index contributed by atoms with van der Waals surface area (Å²) in [5.41, 5.74) is 0. The van der Waals surface area contributed by atoms with Gasteiger partial charge in [0.2, 0.25) is 0 Å². The minimum atomic E-state index is 0.653. The predicted octanol–water partition coefficient (Wildman–Crippen LogP) is 3.83. The lowest BCUT2D eigenvalue weighted by Gasteiger charge is -2.13. The van der Waals surface area contributed by atoms with E-state index in [1.165, 1.54) is 4.88 Å². The molecule has 1 N–H and O–H groups in total. The first-order chi connectivity index (χ1) is 7.09. The van der Waals surface area contributed by atoms with Crippen LogP contribution in [-0.2, 0) is 6.42 Å². The Morgan fingerprint density at radius 2 is 2.07 bits per heavy atom. The van der Waals surface area contributed by atoms with Gasteiger partial charge < -0.3 is 5.32 Å². The van der Waals surface area contributed by atoms with Crippen LogP contribution < -0.4 is 5.32 Å². The van der Waals surface area contributed by atoms with Crippen molar-refractivity contribution < 1.29 is 0 Å². The average molecular weight is 246 g/mol. The highest BCUT2D eigenvalue weighted by Gasteiger charge is 2.07. The van der Waals surface area contributed by atoms with Gasteiger partial charge in [0, 0.05) is 4.88 Å². The predicted molar refractivity (Wildman–Crippen MR) is 69.9 cm³/mol. The monoisotopic (exact) mass is 245 g/mol. The van der Waals surface area contributed by atoms with E-state index in [9.17, 15) is 0 Å². The van der Waals surface area contributed by atoms with Gasteiger partial charge in [0.25, 0.3) is 0 Å². The third-order valence-electron chi connectivity index (χ3n) is 2.27. The number of nitrogens with one attached hydrogen (secondary N) is 1. The maximum absolute atomic E-state index is 6.06. The normalized spacial score (nSPS) is 13.4. The molecule has 0 spiro atoms. The Kier molecular flexibility index (Phi) is 5.65. The summed E-state index contributed by atoms with van der Waals surface area (Å²) < 4.78 is 0. The van der Waals surface area contributed by atoms with Crippen LogP contribution in [-0.4, -0.2) is 13.1 Å². The molecule has 0 aliphatic heterocycles. The van der Waals surface area contributed by atoms with Crippen molar-refractivity contribution in [2.75, 3.05) is 13.1 Å². The SMILES string of the molecule is CC(C)CNCC(C)Cc1sccc1Cl. The van der Waals surface area contributed by atoms with Gasteiger partial charge in [0.05, 0.1) is 5.02 Å². The summed E-state index contributed by atoms with van der Waals surface area (Å²) in [5, 5.41) is 6.47. The molecule has 0 radical (unpaired) electrons. The third-order valence-corrected chi connectivity index (χ3v) is 3.68. The van der Waals surface area contributed by atoms with Gasteiger partial charge in [0.1, 0.15) is 0 Å². The van der Waals surface area contributed by atoms with E-state index in [2.05, 4.69) is 31.5 Å². The molecule has 15 heavy (non-hydrogen) atoms. The molecule has 0 bridgehead atoms. The molecule has 1 rings (SSSR count). The molecular formula is C12H20ClNS. The van der Waals surface area contributed by atoms with Crippen LogP contribution in [0.25, 0.3) is 0 Å². The van der Waals surface area contributed by atoms with E-state index in [1.54, 1.807) is 11.3 Å². The van der Waals surface area contributed by atoms with E-state index >= 15 is 0 Å². The third kappa shape index (κ3) is 5.01. The van der Waals surface area contributed by atoms with Gasteiger partial charge >= 0.3 is 0 Å². The minimum Gasteiger partial charge on any atom is -0.316 e. The summed E-state index contributed by atoms with van der Waals surface area (Å²) >= 11 is 7.82. The summed E-state index contributed by atoms with van der Waals surface area (Å²) in [4.78, 5) is 1.32. The first-order valence-electron chi connectivity index (χ1n) is 5.52. The lowest BCUT2D eigenvalue weighted by Crippen LogP contribution is -2.26. The van der Waals surface area contributed by atoms with Crippen molar-refractivity contribution in [1.82, 2.24) is 5.32 Å². The lowest BCUT2D eigenvalue weighted by molar-refractivity contribution is 0.475. The second-order valence-electron chi connectivity index (χ2n) is 4.55. The standard InChI is InChI=1S/C12H20ClNS/c1-9(2)7-14-8-10(3)6-12-11(13)4-5-15-12/h4-5,9-10,14H,6-8H2,1-3H3. The molecule has 0 aliphatic rings. The molecule has 1 unspecified atom stereocenters. The number of hydrogen-bond donors (Lipinski definition) is 1. The summed E-state index contributed by atoms with van der Waals surface area (Å²) in [6.07, 6.45) is 1.08. The number of halogens is 1. The van der Waals surface area contributed by atoms with E-state index in [-0.39, 0.29) is 0 Å². The van der Waals surface area contributed by atoms with Crippen LogP contribution in [0, 0.1) is 11.8 Å². The van der Waals surface area contributed by atoms with Gasteiger partial charge in [-0.2, -0.15) is 0 Å². The summed E-state index contributed by atoms with van der Waals surface area (Å²) in [7, 11) is 0. The Bertz CT molecular complexity index is 283. The van der Waals surface area contributed by atoms with Gasteiger partial charge in [-0.25, -0.2) is 0 Å². The van der Waals surface area contributed by atoms with Crippen molar-refractivity contribution in [2.24, 2.45) is 11.8 Å². The van der Waals surface area contributed by atoms with Crippen molar-refractivity contribution in [1.29, 1.82) is 0 Å². The fourth-order valence-electron chi connectivity index (χ4n) is 1.48. The zero-order valence-electron chi connectivity index (χ0n) is 9.72. The van der Waals surface area contributed by atoms with Gasteiger partial charge in [-0.05, 0) is 42.8 Å². The van der Waals surface area contributed by atoms with Gasteiger partial charge in [0.15, 0.2) is 0 Å². The molecule has 1 nitrogen and oxygen atoms in total. The molecule has 0 fully saturated rings. The fourth-order valence-corrected chi connectivity index (χ4v) is 2.76. The Balaban J connectivity index is 2.24. The van der Waals surface area contributed by atoms with E-state index in [0.717, 1.165) is 30.5 Å². The van der Waals surface area contributed by atoms with Gasteiger partial charge in [-0.15, -0.1) is 11.3 Å². The van der Waals surface area contributed by atoms with Crippen molar-refractivity contribution >= 4 is 22.9 Å². The number of thiophene rings is 1. The quantitative estimate of drug-likeness (QED) is 0.804. The topological polar surface area (TPSA) is 12.0 Å². The summed E-state index contributed by atoms with van der Waals surface area (Å²) in [6, 6.07) is 1.98. The van der Waals surface area contributed by atoms with Crippen LogP contribution in [0.1, 0.15) is 25.6 Å². The highest BCUT2D eigenvalue weighted by Crippen LogP contribution is 2.24. The summed E-state index contributed by atoms with van der Waals surface area (Å²) in [5.74, 6) is 1.38. The van der Waals surface area contributed by atoms with E-state index < -0.39 is 0 Å². The van der Waals surface area contributed by atoms with E-state index in [4.69, 9.17) is 11.6 Å². The molecule has 0 saturated heterocycles. The molecule has 0 aromatic carbocycles. The Labute approximate surface area is 102 Å². The molecular weight excluding hydrogens is 226 g/mol.